The number of likely N-dealkylation sites (tertiary alicyclic amines) is 1. The highest BCUT2D eigenvalue weighted by atomic mass is 16.3. The number of aliphatic hydroxyl groups excluding tert-OH is 1. The summed E-state index contributed by atoms with van der Waals surface area (Å²) in [6, 6.07) is 0.726. The van der Waals surface area contributed by atoms with Crippen LogP contribution in [0.3, 0.4) is 0 Å². The summed E-state index contributed by atoms with van der Waals surface area (Å²) in [5.74, 6) is 0.822. The topological polar surface area (TPSA) is 35.5 Å². The van der Waals surface area contributed by atoms with Crippen LogP contribution in [0, 0.1) is 5.92 Å². The molecule has 1 aliphatic carbocycles. The molecule has 0 aromatic heterocycles. The van der Waals surface area contributed by atoms with Crippen molar-refractivity contribution in [1.29, 1.82) is 0 Å². The minimum Gasteiger partial charge on any atom is -0.393 e. The second-order valence-corrected chi connectivity index (χ2v) is 6.09. The summed E-state index contributed by atoms with van der Waals surface area (Å²) in [5.41, 5.74) is 0. The Balaban J connectivity index is 1.83. The van der Waals surface area contributed by atoms with Gasteiger partial charge in [-0.3, -0.25) is 0 Å². The van der Waals surface area contributed by atoms with E-state index < -0.39 is 0 Å². The average Bonchev–Trinajstić information content (AvgIpc) is 2.59. The zero-order chi connectivity index (χ0) is 12.8. The van der Waals surface area contributed by atoms with Gasteiger partial charge in [0, 0.05) is 25.7 Å². The van der Waals surface area contributed by atoms with Gasteiger partial charge < -0.3 is 15.3 Å². The summed E-state index contributed by atoms with van der Waals surface area (Å²) in [6.07, 6.45) is 8.86. The molecule has 3 nitrogen and oxygen atoms in total. The van der Waals surface area contributed by atoms with Crippen LogP contribution in [0.25, 0.3) is 0 Å². The number of piperidine rings is 1. The van der Waals surface area contributed by atoms with E-state index in [1.54, 1.807) is 0 Å². The average molecular weight is 254 g/mol. The molecule has 106 valence electrons. The number of aliphatic hydroxyl groups is 1. The maximum absolute atomic E-state index is 9.58. The van der Waals surface area contributed by atoms with Gasteiger partial charge in [0.1, 0.15) is 0 Å². The van der Waals surface area contributed by atoms with Crippen LogP contribution in [0.4, 0.5) is 0 Å². The molecule has 0 amide bonds. The predicted octanol–water partition coefficient (Wildman–Crippen LogP) is 2.00. The lowest BCUT2D eigenvalue weighted by Crippen LogP contribution is -2.45. The van der Waals surface area contributed by atoms with Gasteiger partial charge in [0.2, 0.25) is 0 Å². The fourth-order valence-corrected chi connectivity index (χ4v) is 3.57. The van der Waals surface area contributed by atoms with E-state index in [1.165, 1.54) is 38.6 Å². The molecule has 1 saturated carbocycles. The first-order valence-electron chi connectivity index (χ1n) is 7.93. The maximum atomic E-state index is 9.58. The van der Waals surface area contributed by atoms with Crippen molar-refractivity contribution in [2.75, 3.05) is 26.2 Å². The monoisotopic (exact) mass is 254 g/mol. The Bertz CT molecular complexity index is 227. The molecule has 2 atom stereocenters. The molecule has 2 unspecified atom stereocenters. The molecule has 3 heteroatoms. The molecule has 1 aliphatic heterocycles. The SMILES string of the molecule is CCNC1CCCCCC1CN1CCC(O)CC1. The normalized spacial score (nSPS) is 32.3. The zero-order valence-corrected chi connectivity index (χ0v) is 11.9. The lowest BCUT2D eigenvalue weighted by Gasteiger charge is -2.35. The standard InChI is InChI=1S/C15H30N2O/c1-2-16-15-7-5-3-4-6-13(15)12-17-10-8-14(18)9-11-17/h13-16,18H,2-12H2,1H3. The second-order valence-electron chi connectivity index (χ2n) is 6.09. The van der Waals surface area contributed by atoms with E-state index in [-0.39, 0.29) is 6.10 Å². The molecular weight excluding hydrogens is 224 g/mol. The van der Waals surface area contributed by atoms with Crippen LogP contribution in [0.1, 0.15) is 51.9 Å². The molecule has 2 fully saturated rings. The third-order valence-electron chi connectivity index (χ3n) is 4.68. The first-order valence-corrected chi connectivity index (χ1v) is 7.93. The quantitative estimate of drug-likeness (QED) is 0.753. The van der Waals surface area contributed by atoms with Gasteiger partial charge >= 0.3 is 0 Å². The summed E-state index contributed by atoms with van der Waals surface area (Å²) in [4.78, 5) is 2.58. The molecule has 1 saturated heterocycles. The highest BCUT2D eigenvalue weighted by Gasteiger charge is 2.26. The molecule has 2 rings (SSSR count). The smallest absolute Gasteiger partial charge is 0.0564 e. The van der Waals surface area contributed by atoms with E-state index in [4.69, 9.17) is 0 Å². The van der Waals surface area contributed by atoms with Gasteiger partial charge in [-0.05, 0) is 38.1 Å². The van der Waals surface area contributed by atoms with Gasteiger partial charge in [0.15, 0.2) is 0 Å². The van der Waals surface area contributed by atoms with Gasteiger partial charge in [-0.2, -0.15) is 0 Å². The van der Waals surface area contributed by atoms with Crippen molar-refractivity contribution < 1.29 is 5.11 Å². The molecule has 0 aromatic carbocycles. The third-order valence-corrected chi connectivity index (χ3v) is 4.68. The van der Waals surface area contributed by atoms with Gasteiger partial charge in [-0.1, -0.05) is 26.2 Å². The van der Waals surface area contributed by atoms with Crippen molar-refractivity contribution in [2.24, 2.45) is 5.92 Å². The van der Waals surface area contributed by atoms with Crippen molar-refractivity contribution in [2.45, 2.75) is 64.0 Å². The molecular formula is C15H30N2O. The Kier molecular flexibility index (Phi) is 5.93. The summed E-state index contributed by atoms with van der Waals surface area (Å²) in [6.45, 7) is 6.75. The molecule has 0 bridgehead atoms. The van der Waals surface area contributed by atoms with Crippen LogP contribution in [-0.2, 0) is 0 Å². The first-order chi connectivity index (χ1) is 8.79. The van der Waals surface area contributed by atoms with E-state index >= 15 is 0 Å². The van der Waals surface area contributed by atoms with E-state index in [0.29, 0.717) is 0 Å². The van der Waals surface area contributed by atoms with Gasteiger partial charge in [-0.15, -0.1) is 0 Å². The van der Waals surface area contributed by atoms with Crippen LogP contribution in [-0.4, -0.2) is 48.3 Å². The van der Waals surface area contributed by atoms with Crippen LogP contribution >= 0.6 is 0 Å². The summed E-state index contributed by atoms with van der Waals surface area (Å²) in [5, 5.41) is 13.3. The number of nitrogens with one attached hydrogen (secondary N) is 1. The Labute approximate surface area is 112 Å². The van der Waals surface area contributed by atoms with Gasteiger partial charge in [0.05, 0.1) is 6.10 Å². The number of hydrogen-bond donors (Lipinski definition) is 2. The minimum absolute atomic E-state index is 0.0417. The van der Waals surface area contributed by atoms with E-state index in [9.17, 15) is 5.11 Å². The molecule has 18 heavy (non-hydrogen) atoms. The predicted molar refractivity (Wildman–Crippen MR) is 75.7 cm³/mol. The zero-order valence-electron chi connectivity index (χ0n) is 11.9. The van der Waals surface area contributed by atoms with E-state index in [1.807, 2.05) is 0 Å². The fourth-order valence-electron chi connectivity index (χ4n) is 3.57. The number of nitrogens with zero attached hydrogens (tertiary/aromatic N) is 1. The fraction of sp³-hybridized carbons (Fsp3) is 1.00. The van der Waals surface area contributed by atoms with Crippen molar-refractivity contribution in [3.05, 3.63) is 0 Å². The lowest BCUT2D eigenvalue weighted by atomic mass is 9.93. The Morgan fingerprint density at radius 1 is 1.06 bits per heavy atom. The molecule has 0 spiro atoms. The number of rotatable bonds is 4. The molecule has 1 heterocycles. The molecule has 2 N–H and O–H groups in total. The molecule has 0 radical (unpaired) electrons. The summed E-state index contributed by atoms with van der Waals surface area (Å²) < 4.78 is 0. The van der Waals surface area contributed by atoms with Gasteiger partial charge in [-0.25, -0.2) is 0 Å². The Hall–Kier alpha value is -0.120. The van der Waals surface area contributed by atoms with Crippen molar-refractivity contribution in [3.63, 3.8) is 0 Å². The van der Waals surface area contributed by atoms with Crippen LogP contribution in [0.15, 0.2) is 0 Å². The summed E-state index contributed by atoms with van der Waals surface area (Å²) in [7, 11) is 0. The number of hydrogen-bond acceptors (Lipinski definition) is 3. The van der Waals surface area contributed by atoms with E-state index in [2.05, 4.69) is 17.1 Å². The summed E-state index contributed by atoms with van der Waals surface area (Å²) >= 11 is 0. The largest absolute Gasteiger partial charge is 0.393 e. The highest BCUT2D eigenvalue weighted by molar-refractivity contribution is 4.83. The lowest BCUT2D eigenvalue weighted by molar-refractivity contribution is 0.0700. The van der Waals surface area contributed by atoms with Crippen LogP contribution in [0.5, 0.6) is 0 Å². The Morgan fingerprint density at radius 3 is 2.50 bits per heavy atom. The second kappa shape index (κ2) is 7.46. The molecule has 0 aromatic rings. The van der Waals surface area contributed by atoms with Crippen LogP contribution in [0.2, 0.25) is 0 Å². The third kappa shape index (κ3) is 4.22. The highest BCUT2D eigenvalue weighted by Crippen LogP contribution is 2.25. The van der Waals surface area contributed by atoms with Crippen LogP contribution < -0.4 is 5.32 Å². The molecule has 2 aliphatic rings. The Morgan fingerprint density at radius 2 is 1.78 bits per heavy atom. The van der Waals surface area contributed by atoms with E-state index in [0.717, 1.165) is 44.4 Å². The van der Waals surface area contributed by atoms with Gasteiger partial charge in [0.25, 0.3) is 0 Å². The minimum atomic E-state index is -0.0417. The maximum Gasteiger partial charge on any atom is 0.0564 e. The van der Waals surface area contributed by atoms with Crippen molar-refractivity contribution in [1.82, 2.24) is 10.2 Å². The van der Waals surface area contributed by atoms with Crippen molar-refractivity contribution >= 4 is 0 Å². The van der Waals surface area contributed by atoms with Crippen molar-refractivity contribution in [3.8, 4) is 0 Å². The first kappa shape index (κ1) is 14.3.